The summed E-state index contributed by atoms with van der Waals surface area (Å²) < 4.78 is 2.50. The molecule has 0 amide bonds. The average Bonchev–Trinajstić information content (AvgIpc) is 3.78. The lowest BCUT2D eigenvalue weighted by atomic mass is 9.96. The van der Waals surface area contributed by atoms with E-state index in [1.54, 1.807) is 0 Å². The van der Waals surface area contributed by atoms with Gasteiger partial charge in [0.1, 0.15) is 8.07 Å². The maximum absolute atomic E-state index is 2.53. The molecule has 292 valence electrons. The third-order valence-electron chi connectivity index (χ3n) is 13.4. The molecule has 0 saturated carbocycles. The Balaban J connectivity index is 0.984. The highest BCUT2D eigenvalue weighted by molar-refractivity contribution is 7.03. The molecule has 0 bridgehead atoms. The molecular weight excluding hydrogens is 763 g/mol. The molecular formula is C60H43NSi. The van der Waals surface area contributed by atoms with Gasteiger partial charge in [0.25, 0.3) is 0 Å². The molecule has 2 heterocycles. The highest BCUT2D eigenvalue weighted by Crippen LogP contribution is 2.40. The van der Waals surface area contributed by atoms with Gasteiger partial charge in [-0.2, -0.15) is 0 Å². The van der Waals surface area contributed by atoms with Crippen molar-refractivity contribution >= 4 is 51.0 Å². The van der Waals surface area contributed by atoms with Crippen molar-refractivity contribution in [2.24, 2.45) is 0 Å². The Morgan fingerprint density at radius 2 is 0.726 bits per heavy atom. The second-order valence-electron chi connectivity index (χ2n) is 17.3. The van der Waals surface area contributed by atoms with E-state index in [0.717, 1.165) is 0 Å². The van der Waals surface area contributed by atoms with Crippen molar-refractivity contribution in [2.45, 2.75) is 13.1 Å². The van der Waals surface area contributed by atoms with E-state index in [0.29, 0.717) is 0 Å². The molecule has 62 heavy (non-hydrogen) atoms. The number of nitrogens with zero attached hydrogens (tertiary/aromatic N) is 1. The molecule has 0 atom stereocenters. The molecule has 0 aliphatic carbocycles. The predicted octanol–water partition coefficient (Wildman–Crippen LogP) is 15.1. The van der Waals surface area contributed by atoms with E-state index < -0.39 is 8.07 Å². The van der Waals surface area contributed by atoms with E-state index in [4.69, 9.17) is 0 Å². The fourth-order valence-electron chi connectivity index (χ4n) is 10.1. The number of fused-ring (bicyclic) bond motifs is 7. The SMILES string of the molecule is C[Si]1(C)c2cc(-c3cccc4ccccc34)ccc2-c2ccc(-n3c4ccc(-c5ccc(-c6ccccc6)cc5)cc4c4cc(-c5ccc(-c6ccccc6)cc5)ccc43)cc21. The minimum atomic E-state index is -2.07. The summed E-state index contributed by atoms with van der Waals surface area (Å²) in [6.45, 7) is 5.07. The van der Waals surface area contributed by atoms with Crippen LogP contribution in [-0.2, 0) is 0 Å². The van der Waals surface area contributed by atoms with Crippen molar-refractivity contribution in [3.8, 4) is 72.4 Å². The number of benzene rings is 10. The van der Waals surface area contributed by atoms with Crippen LogP contribution in [0.5, 0.6) is 0 Å². The molecule has 1 nitrogen and oxygen atoms in total. The van der Waals surface area contributed by atoms with Crippen LogP contribution in [0.2, 0.25) is 13.1 Å². The van der Waals surface area contributed by atoms with Crippen LogP contribution in [0, 0.1) is 0 Å². The van der Waals surface area contributed by atoms with Gasteiger partial charge in [0.15, 0.2) is 0 Å². The largest absolute Gasteiger partial charge is 0.309 e. The van der Waals surface area contributed by atoms with Crippen LogP contribution in [-0.4, -0.2) is 12.6 Å². The molecule has 0 radical (unpaired) electrons. The first-order valence-electron chi connectivity index (χ1n) is 21.7. The molecule has 1 aromatic heterocycles. The highest BCUT2D eigenvalue weighted by atomic mass is 28.3. The average molecular weight is 806 g/mol. The van der Waals surface area contributed by atoms with Crippen LogP contribution in [0.4, 0.5) is 0 Å². The van der Waals surface area contributed by atoms with Crippen molar-refractivity contribution < 1.29 is 0 Å². The van der Waals surface area contributed by atoms with E-state index in [1.807, 2.05) is 0 Å². The van der Waals surface area contributed by atoms with E-state index in [1.165, 1.54) is 115 Å². The van der Waals surface area contributed by atoms with Crippen LogP contribution in [0.3, 0.4) is 0 Å². The van der Waals surface area contributed by atoms with Gasteiger partial charge in [0.2, 0.25) is 0 Å². The van der Waals surface area contributed by atoms with Gasteiger partial charge in [-0.3, -0.25) is 0 Å². The maximum atomic E-state index is 2.53. The van der Waals surface area contributed by atoms with Crippen LogP contribution >= 0.6 is 0 Å². The Kier molecular flexibility index (Phi) is 8.38. The summed E-state index contributed by atoms with van der Waals surface area (Å²) >= 11 is 0. The lowest BCUT2D eigenvalue weighted by molar-refractivity contribution is 1.18. The number of hydrogen-bond acceptors (Lipinski definition) is 0. The van der Waals surface area contributed by atoms with Gasteiger partial charge in [0, 0.05) is 16.5 Å². The van der Waals surface area contributed by atoms with Crippen molar-refractivity contribution in [3.05, 3.63) is 224 Å². The van der Waals surface area contributed by atoms with E-state index in [-0.39, 0.29) is 0 Å². The van der Waals surface area contributed by atoms with E-state index in [2.05, 4.69) is 242 Å². The van der Waals surface area contributed by atoms with Crippen LogP contribution in [0.1, 0.15) is 0 Å². The van der Waals surface area contributed by atoms with Crippen LogP contribution in [0.15, 0.2) is 224 Å². The van der Waals surface area contributed by atoms with Crippen LogP contribution in [0.25, 0.3) is 105 Å². The molecule has 10 aromatic carbocycles. The van der Waals surface area contributed by atoms with Gasteiger partial charge in [-0.15, -0.1) is 0 Å². The first kappa shape index (κ1) is 36.3. The molecule has 1 aliphatic heterocycles. The summed E-state index contributed by atoms with van der Waals surface area (Å²) in [5, 5.41) is 8.11. The summed E-state index contributed by atoms with van der Waals surface area (Å²) in [4.78, 5) is 0. The van der Waals surface area contributed by atoms with Crippen molar-refractivity contribution in [2.75, 3.05) is 0 Å². The van der Waals surface area contributed by atoms with E-state index >= 15 is 0 Å². The summed E-state index contributed by atoms with van der Waals surface area (Å²) in [6, 6.07) is 83.3. The topological polar surface area (TPSA) is 4.93 Å². The van der Waals surface area contributed by atoms with Gasteiger partial charge < -0.3 is 4.57 Å². The molecule has 12 rings (SSSR count). The molecule has 0 unspecified atom stereocenters. The summed E-state index contributed by atoms with van der Waals surface area (Å²) in [5.41, 5.74) is 18.8. The molecule has 0 spiro atoms. The first-order chi connectivity index (χ1) is 30.5. The lowest BCUT2D eigenvalue weighted by Crippen LogP contribution is -2.49. The second-order valence-corrected chi connectivity index (χ2v) is 21.7. The number of rotatable bonds is 6. The van der Waals surface area contributed by atoms with Gasteiger partial charge in [-0.1, -0.05) is 201 Å². The molecule has 0 fully saturated rings. The predicted molar refractivity (Wildman–Crippen MR) is 268 cm³/mol. The number of hydrogen-bond donors (Lipinski definition) is 0. The second kappa shape index (κ2) is 14.3. The molecule has 1 aliphatic rings. The molecule has 11 aromatic rings. The zero-order chi connectivity index (χ0) is 41.4. The van der Waals surface area contributed by atoms with E-state index in [9.17, 15) is 0 Å². The lowest BCUT2D eigenvalue weighted by Gasteiger charge is -2.21. The fraction of sp³-hybridized carbons (Fsp3) is 0.0333. The van der Waals surface area contributed by atoms with Gasteiger partial charge in [-0.25, -0.2) is 0 Å². The molecule has 2 heteroatoms. The Morgan fingerprint density at radius 3 is 1.31 bits per heavy atom. The van der Waals surface area contributed by atoms with Crippen LogP contribution < -0.4 is 10.4 Å². The number of aromatic nitrogens is 1. The van der Waals surface area contributed by atoms with Crippen molar-refractivity contribution in [3.63, 3.8) is 0 Å². The monoisotopic (exact) mass is 805 g/mol. The van der Waals surface area contributed by atoms with Gasteiger partial charge in [-0.05, 0) is 124 Å². The zero-order valence-electron chi connectivity index (χ0n) is 34.8. The third kappa shape index (κ3) is 5.90. The van der Waals surface area contributed by atoms with Crippen molar-refractivity contribution in [1.29, 1.82) is 0 Å². The first-order valence-corrected chi connectivity index (χ1v) is 24.7. The minimum absolute atomic E-state index is 1.21. The third-order valence-corrected chi connectivity index (χ3v) is 17.0. The van der Waals surface area contributed by atoms with Crippen molar-refractivity contribution in [1.82, 2.24) is 4.57 Å². The quantitative estimate of drug-likeness (QED) is 0.148. The highest BCUT2D eigenvalue weighted by Gasteiger charge is 2.38. The van der Waals surface area contributed by atoms with Gasteiger partial charge >= 0.3 is 0 Å². The normalized spacial score (nSPS) is 12.8. The van der Waals surface area contributed by atoms with Gasteiger partial charge in [0.05, 0.1) is 11.0 Å². The summed E-state index contributed by atoms with van der Waals surface area (Å²) in [6.07, 6.45) is 0. The molecule has 0 N–H and O–H groups in total. The Morgan fingerprint density at radius 1 is 0.290 bits per heavy atom. The fourth-order valence-corrected chi connectivity index (χ4v) is 13.2. The molecule has 0 saturated heterocycles. The Hall–Kier alpha value is -7.52. The smallest absolute Gasteiger partial charge is 0.113 e. The maximum Gasteiger partial charge on any atom is 0.113 e. The summed E-state index contributed by atoms with van der Waals surface area (Å²) in [7, 11) is -2.07. The minimum Gasteiger partial charge on any atom is -0.309 e. The Bertz CT molecular complexity index is 3360. The standard InChI is InChI=1S/C60H43NSi/c1-62(2)59-38-49(52-19-11-17-46-16-9-10-18-51(46)52)28-32-53(59)54-33-31-50(39-60(54)62)61-57-34-29-47(44-24-20-42(21-25-44)40-12-5-3-6-13-40)36-55(57)56-37-48(30-35-58(56)61)45-26-22-43(23-27-45)41-14-7-4-8-15-41/h3-39H,1-2H3. The zero-order valence-corrected chi connectivity index (χ0v) is 35.8. The summed E-state index contributed by atoms with van der Waals surface area (Å²) in [5.74, 6) is 0. The Labute approximate surface area is 363 Å².